The summed E-state index contributed by atoms with van der Waals surface area (Å²) in [4.78, 5) is 12.0. The number of nitrogens with zero attached hydrogens (tertiary/aromatic N) is 3. The number of halogens is 1. The van der Waals surface area contributed by atoms with Crippen LogP contribution in [0.3, 0.4) is 0 Å². The van der Waals surface area contributed by atoms with Crippen molar-refractivity contribution in [3.8, 4) is 0 Å². The number of aryl methyl sites for hydroxylation is 2. The van der Waals surface area contributed by atoms with Gasteiger partial charge in [-0.3, -0.25) is 9.89 Å². The van der Waals surface area contributed by atoms with Crippen LogP contribution in [0.2, 0.25) is 0 Å². The molecule has 1 unspecified atom stereocenters. The lowest BCUT2D eigenvalue weighted by atomic mass is 9.91. The third-order valence-corrected chi connectivity index (χ3v) is 5.81. The van der Waals surface area contributed by atoms with Crippen LogP contribution in [0, 0.1) is 12.7 Å². The number of hydrogen-bond donors (Lipinski definition) is 0. The van der Waals surface area contributed by atoms with Crippen molar-refractivity contribution in [3.63, 3.8) is 0 Å². The molecule has 0 aliphatic carbocycles. The average Bonchev–Trinajstić information content (AvgIpc) is 2.99. The summed E-state index contributed by atoms with van der Waals surface area (Å²) in [6.45, 7) is 4.04. The second-order valence-electron chi connectivity index (χ2n) is 6.72. The van der Waals surface area contributed by atoms with E-state index >= 15 is 0 Å². The highest BCUT2D eigenvalue weighted by Gasteiger charge is 2.29. The Bertz CT molecular complexity index is 768. The zero-order valence-electron chi connectivity index (χ0n) is 14.0. The summed E-state index contributed by atoms with van der Waals surface area (Å²) in [6.07, 6.45) is 5.57. The van der Waals surface area contributed by atoms with Gasteiger partial charge < -0.3 is 0 Å². The minimum absolute atomic E-state index is 0.197. The predicted octanol–water partition coefficient (Wildman–Crippen LogP) is 4.66. The SMILES string of the molecule is Cc1nc(CN2CCCCC2C2=Nc3cc(F)ccc3CC2)cs1. The van der Waals surface area contributed by atoms with Crippen molar-refractivity contribution in [1.82, 2.24) is 9.88 Å². The molecule has 0 saturated carbocycles. The van der Waals surface area contributed by atoms with E-state index in [9.17, 15) is 4.39 Å². The van der Waals surface area contributed by atoms with Gasteiger partial charge in [-0.25, -0.2) is 9.37 Å². The average molecular weight is 343 g/mol. The Morgan fingerprint density at radius 1 is 1.29 bits per heavy atom. The fourth-order valence-electron chi connectivity index (χ4n) is 3.81. The second-order valence-corrected chi connectivity index (χ2v) is 7.78. The van der Waals surface area contributed by atoms with Gasteiger partial charge in [-0.05, 0) is 56.8 Å². The van der Waals surface area contributed by atoms with Gasteiger partial charge in [0.05, 0.1) is 16.4 Å². The van der Waals surface area contributed by atoms with E-state index in [1.807, 2.05) is 6.07 Å². The van der Waals surface area contributed by atoms with E-state index in [-0.39, 0.29) is 5.82 Å². The Morgan fingerprint density at radius 3 is 3.04 bits per heavy atom. The largest absolute Gasteiger partial charge is 0.289 e. The molecule has 2 aliphatic rings. The molecule has 3 nitrogen and oxygen atoms in total. The highest BCUT2D eigenvalue weighted by molar-refractivity contribution is 7.09. The van der Waals surface area contributed by atoms with Crippen LogP contribution < -0.4 is 0 Å². The maximum Gasteiger partial charge on any atom is 0.125 e. The molecule has 1 atom stereocenters. The molecule has 0 amide bonds. The Labute approximate surface area is 146 Å². The molecule has 1 aromatic carbocycles. The van der Waals surface area contributed by atoms with E-state index in [2.05, 4.69) is 22.2 Å². The molecule has 3 heterocycles. The lowest BCUT2D eigenvalue weighted by molar-refractivity contribution is 0.180. The van der Waals surface area contributed by atoms with Crippen LogP contribution in [-0.4, -0.2) is 28.2 Å². The first kappa shape index (κ1) is 15.9. The Kier molecular flexibility index (Phi) is 4.46. The topological polar surface area (TPSA) is 28.5 Å². The molecule has 126 valence electrons. The van der Waals surface area contributed by atoms with Crippen LogP contribution in [0.25, 0.3) is 0 Å². The fourth-order valence-corrected chi connectivity index (χ4v) is 4.42. The van der Waals surface area contributed by atoms with Crippen LogP contribution in [0.5, 0.6) is 0 Å². The molecule has 0 bridgehead atoms. The van der Waals surface area contributed by atoms with Gasteiger partial charge in [-0.1, -0.05) is 12.5 Å². The van der Waals surface area contributed by atoms with Gasteiger partial charge in [-0.2, -0.15) is 0 Å². The van der Waals surface area contributed by atoms with Gasteiger partial charge >= 0.3 is 0 Å². The summed E-state index contributed by atoms with van der Waals surface area (Å²) in [5, 5.41) is 3.28. The van der Waals surface area contributed by atoms with E-state index in [4.69, 9.17) is 4.99 Å². The predicted molar refractivity (Wildman–Crippen MR) is 96.7 cm³/mol. The molecule has 0 spiro atoms. The van der Waals surface area contributed by atoms with Gasteiger partial charge in [0, 0.05) is 23.7 Å². The fraction of sp³-hybridized carbons (Fsp3) is 0.474. The lowest BCUT2D eigenvalue weighted by Gasteiger charge is -2.37. The molecule has 2 aliphatic heterocycles. The van der Waals surface area contributed by atoms with Crippen molar-refractivity contribution < 1.29 is 4.39 Å². The maximum atomic E-state index is 13.5. The summed E-state index contributed by atoms with van der Waals surface area (Å²) in [5.74, 6) is -0.197. The van der Waals surface area contributed by atoms with Crippen LogP contribution in [0.15, 0.2) is 28.6 Å². The number of likely N-dealkylation sites (tertiary alicyclic amines) is 1. The zero-order valence-corrected chi connectivity index (χ0v) is 14.8. The smallest absolute Gasteiger partial charge is 0.125 e. The number of aliphatic imine (C=N–C) groups is 1. The van der Waals surface area contributed by atoms with Crippen LogP contribution >= 0.6 is 11.3 Å². The minimum atomic E-state index is -0.197. The minimum Gasteiger partial charge on any atom is -0.289 e. The Morgan fingerprint density at radius 2 is 2.21 bits per heavy atom. The number of rotatable bonds is 3. The second kappa shape index (κ2) is 6.73. The highest BCUT2D eigenvalue weighted by atomic mass is 32.1. The monoisotopic (exact) mass is 343 g/mol. The van der Waals surface area contributed by atoms with Gasteiger partial charge in [0.2, 0.25) is 0 Å². The van der Waals surface area contributed by atoms with Crippen molar-refractivity contribution in [2.45, 2.75) is 51.6 Å². The number of aromatic nitrogens is 1. The van der Waals surface area contributed by atoms with E-state index in [0.29, 0.717) is 6.04 Å². The number of piperidine rings is 1. The van der Waals surface area contributed by atoms with E-state index < -0.39 is 0 Å². The molecular formula is C19H22FN3S. The Balaban J connectivity index is 1.58. The van der Waals surface area contributed by atoms with Crippen molar-refractivity contribution >= 4 is 22.7 Å². The standard InChI is InChI=1S/C19H22FN3S/c1-13-21-16(12-24-13)11-23-9-3-2-4-19(23)17-8-6-14-5-7-15(20)10-18(14)22-17/h5,7,10,12,19H,2-4,6,8-9,11H2,1H3. The normalized spacial score (nSPS) is 21.4. The maximum absolute atomic E-state index is 13.5. The molecule has 1 fully saturated rings. The highest BCUT2D eigenvalue weighted by Crippen LogP contribution is 2.31. The first-order chi connectivity index (χ1) is 11.7. The summed E-state index contributed by atoms with van der Waals surface area (Å²) in [7, 11) is 0. The molecule has 1 saturated heterocycles. The molecule has 4 rings (SSSR count). The zero-order chi connectivity index (χ0) is 16.5. The van der Waals surface area contributed by atoms with E-state index in [1.165, 1.54) is 24.6 Å². The third kappa shape index (κ3) is 3.28. The van der Waals surface area contributed by atoms with Crippen LogP contribution in [0.1, 0.15) is 41.9 Å². The number of fused-ring (bicyclic) bond motifs is 1. The molecular weight excluding hydrogens is 321 g/mol. The van der Waals surface area contributed by atoms with Gasteiger partial charge in [-0.15, -0.1) is 11.3 Å². The summed E-state index contributed by atoms with van der Waals surface area (Å²) < 4.78 is 13.5. The molecule has 24 heavy (non-hydrogen) atoms. The summed E-state index contributed by atoms with van der Waals surface area (Å²) >= 11 is 1.71. The van der Waals surface area contributed by atoms with Crippen molar-refractivity contribution in [3.05, 3.63) is 45.7 Å². The van der Waals surface area contributed by atoms with Crippen molar-refractivity contribution in [2.75, 3.05) is 6.54 Å². The molecule has 5 heteroatoms. The third-order valence-electron chi connectivity index (χ3n) is 4.99. The van der Waals surface area contributed by atoms with Crippen molar-refractivity contribution in [2.24, 2.45) is 4.99 Å². The number of hydrogen-bond acceptors (Lipinski definition) is 4. The lowest BCUT2D eigenvalue weighted by Crippen LogP contribution is -2.44. The number of thiazole rings is 1. The van der Waals surface area contributed by atoms with Crippen LogP contribution in [0.4, 0.5) is 10.1 Å². The Hall–Kier alpha value is -1.59. The van der Waals surface area contributed by atoms with E-state index in [1.54, 1.807) is 17.4 Å². The first-order valence-corrected chi connectivity index (χ1v) is 9.58. The van der Waals surface area contributed by atoms with Gasteiger partial charge in [0.1, 0.15) is 5.82 Å². The molecule has 0 N–H and O–H groups in total. The van der Waals surface area contributed by atoms with Gasteiger partial charge in [0.15, 0.2) is 0 Å². The van der Waals surface area contributed by atoms with Gasteiger partial charge in [0.25, 0.3) is 0 Å². The van der Waals surface area contributed by atoms with Crippen molar-refractivity contribution in [1.29, 1.82) is 0 Å². The molecule has 0 radical (unpaired) electrons. The van der Waals surface area contributed by atoms with Crippen LogP contribution in [-0.2, 0) is 13.0 Å². The first-order valence-electron chi connectivity index (χ1n) is 8.70. The quantitative estimate of drug-likeness (QED) is 0.810. The van der Waals surface area contributed by atoms with E-state index in [0.717, 1.165) is 54.3 Å². The summed E-state index contributed by atoms with van der Waals surface area (Å²) in [5.41, 5.74) is 4.37. The summed E-state index contributed by atoms with van der Waals surface area (Å²) in [6, 6.07) is 5.36. The molecule has 1 aromatic heterocycles. The number of benzene rings is 1. The molecule has 2 aromatic rings.